The first-order valence-corrected chi connectivity index (χ1v) is 3.66. The zero-order chi connectivity index (χ0) is 8.85. The second-order valence-electron chi connectivity index (χ2n) is 2.13. The van der Waals surface area contributed by atoms with Gasteiger partial charge in [0.1, 0.15) is 10.9 Å². The Hall–Kier alpha value is -0.760. The Kier molecular flexibility index (Phi) is 4.62. The summed E-state index contributed by atoms with van der Waals surface area (Å²) < 4.78 is 0. The fourth-order valence-electron chi connectivity index (χ4n) is 0.597. The molecular weight excluding hydrogens is 162 g/mol. The van der Waals surface area contributed by atoms with Crippen molar-refractivity contribution in [2.75, 3.05) is 0 Å². The molecule has 0 aromatic heterocycles. The average Bonchev–Trinajstić information content (AvgIpc) is 1.86. The molecule has 0 unspecified atom stereocenters. The summed E-state index contributed by atoms with van der Waals surface area (Å²) in [6.07, 6.45) is 2.20. The molecule has 0 atom stereocenters. The first kappa shape index (κ1) is 10.2. The third kappa shape index (κ3) is 4.62. The molecule has 0 saturated carbocycles. The van der Waals surface area contributed by atoms with Crippen LogP contribution in [0.15, 0.2) is 29.1 Å². The summed E-state index contributed by atoms with van der Waals surface area (Å²) in [7, 11) is 0. The van der Waals surface area contributed by atoms with Crippen LogP contribution in [0.4, 0.5) is 0 Å². The Morgan fingerprint density at radius 1 is 1.64 bits per heavy atom. The van der Waals surface area contributed by atoms with Crippen LogP contribution in [0, 0.1) is 0 Å². The lowest BCUT2D eigenvalue weighted by atomic mass is 10.3. The van der Waals surface area contributed by atoms with Crippen LogP contribution in [-0.2, 0) is 0 Å². The normalized spacial score (nSPS) is 14.3. The molecule has 0 bridgehead atoms. The maximum Gasteiger partial charge on any atom is 0.111 e. The second kappa shape index (κ2) is 4.97. The van der Waals surface area contributed by atoms with Gasteiger partial charge in [-0.25, -0.2) is 4.99 Å². The van der Waals surface area contributed by atoms with E-state index >= 15 is 0 Å². The van der Waals surface area contributed by atoms with Gasteiger partial charge >= 0.3 is 0 Å². The molecule has 2 nitrogen and oxygen atoms in total. The van der Waals surface area contributed by atoms with Crippen molar-refractivity contribution in [2.45, 2.75) is 20.3 Å². The minimum absolute atomic E-state index is 0.185. The van der Waals surface area contributed by atoms with Crippen molar-refractivity contribution >= 4 is 16.8 Å². The van der Waals surface area contributed by atoms with Gasteiger partial charge in [0.05, 0.1) is 5.70 Å². The average molecular weight is 174 g/mol. The van der Waals surface area contributed by atoms with Crippen LogP contribution in [0.2, 0.25) is 0 Å². The van der Waals surface area contributed by atoms with Crippen molar-refractivity contribution in [1.29, 1.82) is 0 Å². The van der Waals surface area contributed by atoms with Crippen LogP contribution in [0.5, 0.6) is 0 Å². The summed E-state index contributed by atoms with van der Waals surface area (Å²) in [5, 5.41) is 9.47. The summed E-state index contributed by atoms with van der Waals surface area (Å²) in [5.74, 6) is 0.185. The molecule has 1 N–H and O–H groups in total. The van der Waals surface area contributed by atoms with Crippen molar-refractivity contribution in [2.24, 2.45) is 4.99 Å². The van der Waals surface area contributed by atoms with Crippen molar-refractivity contribution < 1.29 is 5.11 Å². The predicted octanol–water partition coefficient (Wildman–Crippen LogP) is 3.01. The van der Waals surface area contributed by atoms with E-state index < -0.39 is 0 Å². The molecule has 0 aromatic carbocycles. The largest absolute Gasteiger partial charge is 0.511 e. The van der Waals surface area contributed by atoms with Gasteiger partial charge in [-0.05, 0) is 13.8 Å². The van der Waals surface area contributed by atoms with E-state index in [1.165, 1.54) is 0 Å². The zero-order valence-electron chi connectivity index (χ0n) is 6.76. The van der Waals surface area contributed by atoms with Crippen LogP contribution in [-0.4, -0.2) is 10.3 Å². The fourth-order valence-corrected chi connectivity index (χ4v) is 0.699. The molecule has 0 aliphatic rings. The van der Waals surface area contributed by atoms with Crippen LogP contribution < -0.4 is 0 Å². The molecule has 0 heterocycles. The Morgan fingerprint density at radius 3 is 2.45 bits per heavy atom. The summed E-state index contributed by atoms with van der Waals surface area (Å²) in [4.78, 5) is 3.91. The number of halogens is 1. The van der Waals surface area contributed by atoms with Crippen molar-refractivity contribution in [1.82, 2.24) is 0 Å². The Labute approximate surface area is 71.9 Å². The number of aliphatic hydroxyl groups excluding tert-OH is 1. The van der Waals surface area contributed by atoms with Crippen molar-refractivity contribution in [3.63, 3.8) is 0 Å². The van der Waals surface area contributed by atoms with Crippen LogP contribution in [0.25, 0.3) is 0 Å². The van der Waals surface area contributed by atoms with E-state index in [2.05, 4.69) is 11.6 Å². The van der Waals surface area contributed by atoms with Gasteiger partial charge in [-0.15, -0.1) is 6.58 Å². The molecule has 0 saturated heterocycles. The van der Waals surface area contributed by atoms with E-state index in [4.69, 9.17) is 16.7 Å². The number of rotatable bonds is 3. The Morgan fingerprint density at radius 2 is 2.18 bits per heavy atom. The number of aliphatic imine (C=N–C) groups is 1. The van der Waals surface area contributed by atoms with Gasteiger partial charge < -0.3 is 5.11 Å². The molecule has 0 fully saturated rings. The number of aliphatic hydroxyl groups is 1. The number of hydrogen-bond acceptors (Lipinski definition) is 2. The minimum atomic E-state index is 0.185. The van der Waals surface area contributed by atoms with Crippen LogP contribution in [0.3, 0.4) is 0 Å². The standard InChI is InChI=1S/C8H12ClNO/c1-4-5-8(6(2)11)10-7(3)9/h4,11H,1,5H2,2-3H3/b8-6-,10-7?. The predicted molar refractivity (Wildman–Crippen MR) is 49.1 cm³/mol. The van der Waals surface area contributed by atoms with Gasteiger partial charge in [0.25, 0.3) is 0 Å². The molecule has 0 aromatic rings. The Balaban J connectivity index is 4.50. The van der Waals surface area contributed by atoms with E-state index in [0.29, 0.717) is 17.3 Å². The van der Waals surface area contributed by atoms with Crippen LogP contribution >= 0.6 is 11.6 Å². The molecular formula is C8H12ClNO. The second-order valence-corrected chi connectivity index (χ2v) is 2.68. The van der Waals surface area contributed by atoms with Gasteiger partial charge in [-0.2, -0.15) is 0 Å². The van der Waals surface area contributed by atoms with E-state index in [1.54, 1.807) is 19.9 Å². The number of nitrogens with zero attached hydrogens (tertiary/aromatic N) is 1. The minimum Gasteiger partial charge on any atom is -0.511 e. The molecule has 3 heteroatoms. The lowest BCUT2D eigenvalue weighted by Gasteiger charge is -1.98. The molecule has 62 valence electrons. The molecule has 0 radical (unpaired) electrons. The van der Waals surface area contributed by atoms with E-state index in [1.807, 2.05) is 0 Å². The molecule has 0 aliphatic heterocycles. The topological polar surface area (TPSA) is 32.6 Å². The maximum absolute atomic E-state index is 9.06. The van der Waals surface area contributed by atoms with Gasteiger partial charge in [-0.1, -0.05) is 17.7 Å². The van der Waals surface area contributed by atoms with Crippen molar-refractivity contribution in [3.05, 3.63) is 24.1 Å². The molecule has 11 heavy (non-hydrogen) atoms. The third-order valence-electron chi connectivity index (χ3n) is 1.04. The lowest BCUT2D eigenvalue weighted by molar-refractivity contribution is 0.405. The van der Waals surface area contributed by atoms with E-state index in [0.717, 1.165) is 0 Å². The highest BCUT2D eigenvalue weighted by molar-refractivity contribution is 6.64. The summed E-state index contributed by atoms with van der Waals surface area (Å²) in [5.41, 5.74) is 0.563. The van der Waals surface area contributed by atoms with Crippen molar-refractivity contribution in [3.8, 4) is 0 Å². The quantitative estimate of drug-likeness (QED) is 0.397. The monoisotopic (exact) mass is 173 g/mol. The highest BCUT2D eigenvalue weighted by atomic mass is 35.5. The van der Waals surface area contributed by atoms with E-state index in [9.17, 15) is 0 Å². The zero-order valence-corrected chi connectivity index (χ0v) is 7.52. The molecule has 0 aliphatic carbocycles. The fraction of sp³-hybridized carbons (Fsp3) is 0.375. The first-order valence-electron chi connectivity index (χ1n) is 3.28. The number of hydrogen-bond donors (Lipinski definition) is 1. The molecule has 0 rings (SSSR count). The smallest absolute Gasteiger partial charge is 0.111 e. The summed E-state index contributed by atoms with van der Waals surface area (Å²) in [6.45, 7) is 6.76. The van der Waals surface area contributed by atoms with E-state index in [-0.39, 0.29) is 5.76 Å². The molecule has 0 amide bonds. The highest BCUT2D eigenvalue weighted by Crippen LogP contribution is 2.09. The Bertz CT molecular complexity index is 198. The first-order chi connectivity index (χ1) is 5.07. The number of allylic oxidation sites excluding steroid dienone is 2. The lowest BCUT2D eigenvalue weighted by Crippen LogP contribution is -1.86. The van der Waals surface area contributed by atoms with Gasteiger partial charge in [0, 0.05) is 6.42 Å². The van der Waals surface area contributed by atoms with Crippen LogP contribution in [0.1, 0.15) is 20.3 Å². The SMILES string of the molecule is C=CC/C(N=C(C)Cl)=C(\C)O. The summed E-state index contributed by atoms with van der Waals surface area (Å²) >= 11 is 5.52. The molecule has 0 spiro atoms. The van der Waals surface area contributed by atoms with Gasteiger partial charge in [0.15, 0.2) is 0 Å². The maximum atomic E-state index is 9.06. The van der Waals surface area contributed by atoms with Gasteiger partial charge in [0.2, 0.25) is 0 Å². The van der Waals surface area contributed by atoms with Gasteiger partial charge in [-0.3, -0.25) is 0 Å². The third-order valence-corrected chi connectivity index (χ3v) is 1.13. The summed E-state index contributed by atoms with van der Waals surface area (Å²) in [6, 6.07) is 0. The highest BCUT2D eigenvalue weighted by Gasteiger charge is 1.96.